The van der Waals surface area contributed by atoms with Crippen molar-refractivity contribution >= 4 is 11.3 Å². The van der Waals surface area contributed by atoms with Crippen molar-refractivity contribution in [3.63, 3.8) is 0 Å². The van der Waals surface area contributed by atoms with Crippen LogP contribution >= 0.6 is 11.3 Å². The van der Waals surface area contributed by atoms with Gasteiger partial charge in [0, 0.05) is 17.5 Å². The summed E-state index contributed by atoms with van der Waals surface area (Å²) in [6.45, 7) is 0.787. The van der Waals surface area contributed by atoms with Crippen LogP contribution in [0.3, 0.4) is 0 Å². The van der Waals surface area contributed by atoms with Crippen molar-refractivity contribution in [2.45, 2.75) is 19.0 Å². The average molecular weight is 272 g/mol. The Kier molecular flexibility index (Phi) is 5.10. The average Bonchev–Trinajstić information content (AvgIpc) is 2.92. The zero-order chi connectivity index (χ0) is 13.5. The molecule has 3 nitrogen and oxygen atoms in total. The number of thiophene rings is 1. The molecule has 1 aromatic carbocycles. The first-order valence-corrected chi connectivity index (χ1v) is 7.00. The fourth-order valence-corrected chi connectivity index (χ4v) is 2.63. The van der Waals surface area contributed by atoms with Gasteiger partial charge in [-0.25, -0.2) is 0 Å². The maximum Gasteiger partial charge on any atom is 0.110 e. The van der Waals surface area contributed by atoms with Crippen LogP contribution in [-0.2, 0) is 13.0 Å². The molecule has 1 aromatic heterocycles. The second-order valence-electron chi connectivity index (χ2n) is 4.33. The van der Waals surface area contributed by atoms with Gasteiger partial charge < -0.3 is 10.4 Å². The van der Waals surface area contributed by atoms with Crippen LogP contribution < -0.4 is 5.32 Å². The molecule has 0 aliphatic carbocycles. The van der Waals surface area contributed by atoms with Gasteiger partial charge in [0.2, 0.25) is 0 Å². The van der Waals surface area contributed by atoms with Crippen LogP contribution in [0.15, 0.2) is 42.5 Å². The lowest BCUT2D eigenvalue weighted by atomic mass is 10.1. The molecule has 98 valence electrons. The number of aliphatic hydroxyl groups excluding tert-OH is 1. The Labute approximate surface area is 117 Å². The van der Waals surface area contributed by atoms with Crippen molar-refractivity contribution < 1.29 is 5.11 Å². The smallest absolute Gasteiger partial charge is 0.110 e. The maximum absolute atomic E-state index is 9.41. The van der Waals surface area contributed by atoms with Gasteiger partial charge in [-0.15, -0.1) is 11.3 Å². The van der Waals surface area contributed by atoms with Crippen LogP contribution in [0.4, 0.5) is 0 Å². The van der Waals surface area contributed by atoms with E-state index in [-0.39, 0.29) is 12.6 Å². The third kappa shape index (κ3) is 4.18. The number of nitrogens with one attached hydrogen (secondary N) is 1. The van der Waals surface area contributed by atoms with Gasteiger partial charge >= 0.3 is 0 Å². The Bertz CT molecular complexity index is 545. The second kappa shape index (κ2) is 7.05. The van der Waals surface area contributed by atoms with Crippen LogP contribution in [-0.4, -0.2) is 17.8 Å². The first kappa shape index (κ1) is 13.8. The number of nitriles is 1. The predicted octanol–water partition coefficient (Wildman–Crippen LogP) is 2.31. The SMILES string of the molecule is N#Cc1ccc(CN[C@@H](CO)Cc2ccccc2)s1. The van der Waals surface area contributed by atoms with Gasteiger partial charge in [0.1, 0.15) is 10.9 Å². The first-order valence-electron chi connectivity index (χ1n) is 6.19. The quantitative estimate of drug-likeness (QED) is 0.848. The molecule has 2 N–H and O–H groups in total. The zero-order valence-electron chi connectivity index (χ0n) is 10.5. The van der Waals surface area contributed by atoms with Crippen molar-refractivity contribution in [2.24, 2.45) is 0 Å². The predicted molar refractivity (Wildman–Crippen MR) is 76.9 cm³/mol. The Morgan fingerprint density at radius 1 is 1.21 bits per heavy atom. The van der Waals surface area contributed by atoms with Gasteiger partial charge in [0.15, 0.2) is 0 Å². The van der Waals surface area contributed by atoms with Crippen molar-refractivity contribution in [3.8, 4) is 6.07 Å². The minimum absolute atomic E-state index is 0.0371. The molecule has 0 fully saturated rings. The fraction of sp³-hybridized carbons (Fsp3) is 0.267. The summed E-state index contributed by atoms with van der Waals surface area (Å²) in [7, 11) is 0. The number of nitrogens with zero attached hydrogens (tertiary/aromatic N) is 1. The Balaban J connectivity index is 1.87. The van der Waals surface area contributed by atoms with Gasteiger partial charge in [-0.2, -0.15) is 5.26 Å². The summed E-state index contributed by atoms with van der Waals surface area (Å²) in [6.07, 6.45) is 0.799. The standard InChI is InChI=1S/C15H16N2OS/c16-9-14-6-7-15(19-14)10-17-13(11-18)8-12-4-2-1-3-5-12/h1-7,13,17-18H,8,10-11H2/t13-/m1/s1. The molecule has 0 radical (unpaired) electrons. The highest BCUT2D eigenvalue weighted by atomic mass is 32.1. The fourth-order valence-electron chi connectivity index (χ4n) is 1.88. The summed E-state index contributed by atoms with van der Waals surface area (Å²) in [5.74, 6) is 0. The van der Waals surface area contributed by atoms with Crippen LogP contribution in [0.1, 0.15) is 15.3 Å². The lowest BCUT2D eigenvalue weighted by Gasteiger charge is -2.15. The van der Waals surface area contributed by atoms with E-state index in [9.17, 15) is 5.11 Å². The molecule has 0 aliphatic rings. The molecule has 2 aromatic rings. The summed E-state index contributed by atoms with van der Waals surface area (Å²) >= 11 is 1.49. The minimum Gasteiger partial charge on any atom is -0.395 e. The molecule has 0 saturated carbocycles. The Morgan fingerprint density at radius 2 is 2.00 bits per heavy atom. The van der Waals surface area contributed by atoms with Crippen LogP contribution in [0.5, 0.6) is 0 Å². The third-order valence-electron chi connectivity index (χ3n) is 2.88. The highest BCUT2D eigenvalue weighted by molar-refractivity contribution is 7.12. The van der Waals surface area contributed by atoms with Crippen LogP contribution in [0.2, 0.25) is 0 Å². The second-order valence-corrected chi connectivity index (χ2v) is 5.50. The van der Waals surface area contributed by atoms with E-state index in [1.165, 1.54) is 16.9 Å². The van der Waals surface area contributed by atoms with E-state index in [2.05, 4.69) is 23.5 Å². The van der Waals surface area contributed by atoms with E-state index >= 15 is 0 Å². The molecule has 1 atom stereocenters. The summed E-state index contributed by atoms with van der Waals surface area (Å²) in [5, 5.41) is 21.5. The molecule has 0 amide bonds. The van der Waals surface area contributed by atoms with E-state index in [4.69, 9.17) is 5.26 Å². The molecule has 2 rings (SSSR count). The lowest BCUT2D eigenvalue weighted by molar-refractivity contribution is 0.241. The van der Waals surface area contributed by atoms with Crippen LogP contribution in [0, 0.1) is 11.3 Å². The maximum atomic E-state index is 9.41. The van der Waals surface area contributed by atoms with Gasteiger partial charge in [0.05, 0.1) is 6.61 Å². The van der Waals surface area contributed by atoms with E-state index in [1.54, 1.807) is 0 Å². The van der Waals surface area contributed by atoms with Crippen LogP contribution in [0.25, 0.3) is 0 Å². The van der Waals surface area contributed by atoms with Gasteiger partial charge in [0.25, 0.3) is 0 Å². The molecule has 0 saturated heterocycles. The minimum atomic E-state index is 0.0371. The molecule has 0 spiro atoms. The highest BCUT2D eigenvalue weighted by Gasteiger charge is 2.08. The number of benzene rings is 1. The molecule has 0 bridgehead atoms. The Hall–Kier alpha value is -1.67. The molecule has 19 heavy (non-hydrogen) atoms. The number of rotatable bonds is 6. The van der Waals surface area contributed by atoms with Gasteiger partial charge in [-0.05, 0) is 24.1 Å². The van der Waals surface area contributed by atoms with E-state index < -0.39 is 0 Å². The van der Waals surface area contributed by atoms with Crippen molar-refractivity contribution in [1.29, 1.82) is 5.26 Å². The van der Waals surface area contributed by atoms with E-state index in [0.29, 0.717) is 6.54 Å². The van der Waals surface area contributed by atoms with Crippen molar-refractivity contribution in [1.82, 2.24) is 5.32 Å². The summed E-state index contributed by atoms with van der Waals surface area (Å²) in [4.78, 5) is 1.84. The molecular weight excluding hydrogens is 256 g/mol. The van der Waals surface area contributed by atoms with Gasteiger partial charge in [-0.1, -0.05) is 30.3 Å². The zero-order valence-corrected chi connectivity index (χ0v) is 11.4. The summed E-state index contributed by atoms with van der Waals surface area (Å²) in [6, 6.07) is 16.1. The number of hydrogen-bond donors (Lipinski definition) is 2. The van der Waals surface area contributed by atoms with Crippen molar-refractivity contribution in [2.75, 3.05) is 6.61 Å². The largest absolute Gasteiger partial charge is 0.395 e. The third-order valence-corrected chi connectivity index (χ3v) is 3.87. The molecular formula is C15H16N2OS. The Morgan fingerprint density at radius 3 is 2.63 bits per heavy atom. The lowest BCUT2D eigenvalue weighted by Crippen LogP contribution is -2.33. The number of hydrogen-bond acceptors (Lipinski definition) is 4. The molecule has 1 heterocycles. The summed E-state index contributed by atoms with van der Waals surface area (Å²) < 4.78 is 0. The topological polar surface area (TPSA) is 56.0 Å². The highest BCUT2D eigenvalue weighted by Crippen LogP contribution is 2.15. The normalized spacial score (nSPS) is 12.0. The number of aliphatic hydroxyl groups is 1. The monoisotopic (exact) mass is 272 g/mol. The summed E-state index contributed by atoms with van der Waals surface area (Å²) in [5.41, 5.74) is 1.21. The van der Waals surface area contributed by atoms with Gasteiger partial charge in [-0.3, -0.25) is 0 Å². The molecule has 4 heteroatoms. The van der Waals surface area contributed by atoms with Crippen molar-refractivity contribution in [3.05, 3.63) is 57.8 Å². The van der Waals surface area contributed by atoms with E-state index in [1.807, 2.05) is 30.3 Å². The molecule has 0 aliphatic heterocycles. The molecule has 0 unspecified atom stereocenters. The first-order chi connectivity index (χ1) is 9.31. The van der Waals surface area contributed by atoms with E-state index in [0.717, 1.165) is 16.2 Å².